The van der Waals surface area contributed by atoms with Crippen LogP contribution in [0.15, 0.2) is 29.3 Å². The van der Waals surface area contributed by atoms with Crippen molar-refractivity contribution in [2.45, 2.75) is 38.8 Å². The Hall–Kier alpha value is -2.48. The Labute approximate surface area is 146 Å². The van der Waals surface area contributed by atoms with Gasteiger partial charge in [-0.1, -0.05) is 5.16 Å². The smallest absolute Gasteiger partial charge is 0.152 e. The molecule has 1 saturated heterocycles. The van der Waals surface area contributed by atoms with Crippen molar-refractivity contribution in [2.75, 3.05) is 13.1 Å². The lowest BCUT2D eigenvalue weighted by molar-refractivity contribution is 0.176. The van der Waals surface area contributed by atoms with Gasteiger partial charge < -0.3 is 13.7 Å². The van der Waals surface area contributed by atoms with E-state index in [0.717, 1.165) is 55.6 Å². The number of hydrogen-bond donors (Lipinski definition) is 0. The zero-order chi connectivity index (χ0) is 17.2. The highest BCUT2D eigenvalue weighted by atomic mass is 16.5. The van der Waals surface area contributed by atoms with Crippen LogP contribution in [0.4, 0.5) is 0 Å². The molecule has 0 saturated carbocycles. The van der Waals surface area contributed by atoms with E-state index in [2.05, 4.69) is 36.9 Å². The fourth-order valence-electron chi connectivity index (χ4n) is 3.53. The summed E-state index contributed by atoms with van der Waals surface area (Å²) in [4.78, 5) is 6.50. The molecule has 1 aliphatic heterocycles. The number of nitrogens with zero attached hydrogens (tertiary/aromatic N) is 7. The minimum absolute atomic E-state index is 0.395. The van der Waals surface area contributed by atoms with Crippen LogP contribution in [0.1, 0.15) is 41.9 Å². The number of hydrogen-bond acceptors (Lipinski definition) is 6. The molecule has 1 atom stereocenters. The van der Waals surface area contributed by atoms with Crippen LogP contribution in [0, 0.1) is 6.92 Å². The van der Waals surface area contributed by atoms with Crippen LogP contribution in [-0.2, 0) is 20.1 Å². The molecule has 0 spiro atoms. The maximum absolute atomic E-state index is 5.36. The van der Waals surface area contributed by atoms with E-state index >= 15 is 0 Å². The van der Waals surface area contributed by atoms with Crippen molar-refractivity contribution in [1.29, 1.82) is 0 Å². The van der Waals surface area contributed by atoms with Gasteiger partial charge in [0.1, 0.15) is 5.82 Å². The van der Waals surface area contributed by atoms with E-state index in [-0.39, 0.29) is 0 Å². The molecule has 8 heteroatoms. The second-order valence-corrected chi connectivity index (χ2v) is 6.78. The predicted molar refractivity (Wildman–Crippen MR) is 90.8 cm³/mol. The third-order valence-corrected chi connectivity index (χ3v) is 4.81. The van der Waals surface area contributed by atoms with Crippen LogP contribution in [0.2, 0.25) is 0 Å². The number of aryl methyl sites for hydroxylation is 1. The summed E-state index contributed by atoms with van der Waals surface area (Å²) in [6, 6.07) is 2.01. The molecule has 0 N–H and O–H groups in total. The van der Waals surface area contributed by atoms with Crippen LogP contribution < -0.4 is 0 Å². The summed E-state index contributed by atoms with van der Waals surface area (Å²) in [6.45, 7) is 5.49. The first-order valence-electron chi connectivity index (χ1n) is 8.67. The molecule has 1 unspecified atom stereocenters. The van der Waals surface area contributed by atoms with E-state index in [1.807, 2.05) is 23.8 Å². The van der Waals surface area contributed by atoms with Gasteiger partial charge in [0, 0.05) is 38.0 Å². The third kappa shape index (κ3) is 3.48. The highest BCUT2D eigenvalue weighted by Gasteiger charge is 2.26. The molecule has 4 heterocycles. The summed E-state index contributed by atoms with van der Waals surface area (Å²) >= 11 is 0. The summed E-state index contributed by atoms with van der Waals surface area (Å²) in [6.07, 6.45) is 7.82. The molecule has 25 heavy (non-hydrogen) atoms. The minimum Gasteiger partial charge on any atom is -0.360 e. The Bertz CT molecular complexity index is 820. The topological polar surface area (TPSA) is 77.8 Å². The second kappa shape index (κ2) is 6.79. The molecule has 3 aromatic heterocycles. The van der Waals surface area contributed by atoms with Crippen molar-refractivity contribution in [1.82, 2.24) is 34.4 Å². The third-order valence-electron chi connectivity index (χ3n) is 4.81. The Morgan fingerprint density at radius 3 is 2.96 bits per heavy atom. The summed E-state index contributed by atoms with van der Waals surface area (Å²) in [5.41, 5.74) is 0.931. The highest BCUT2D eigenvalue weighted by Crippen LogP contribution is 2.27. The molecule has 0 amide bonds. The van der Waals surface area contributed by atoms with Crippen molar-refractivity contribution >= 4 is 0 Å². The Balaban J connectivity index is 1.45. The lowest BCUT2D eigenvalue weighted by Gasteiger charge is -2.31. The van der Waals surface area contributed by atoms with E-state index in [4.69, 9.17) is 4.52 Å². The molecule has 0 aliphatic carbocycles. The fourth-order valence-corrected chi connectivity index (χ4v) is 3.53. The van der Waals surface area contributed by atoms with Gasteiger partial charge >= 0.3 is 0 Å². The van der Waals surface area contributed by atoms with Crippen LogP contribution in [-0.4, -0.2) is 47.5 Å². The van der Waals surface area contributed by atoms with Crippen molar-refractivity contribution < 1.29 is 4.52 Å². The summed E-state index contributed by atoms with van der Waals surface area (Å²) < 4.78 is 9.50. The van der Waals surface area contributed by atoms with Gasteiger partial charge in [0.25, 0.3) is 0 Å². The number of rotatable bonds is 5. The Morgan fingerprint density at radius 2 is 2.20 bits per heavy atom. The normalized spacial score (nSPS) is 18.7. The molecule has 132 valence electrons. The Morgan fingerprint density at radius 1 is 1.28 bits per heavy atom. The van der Waals surface area contributed by atoms with E-state index < -0.39 is 0 Å². The predicted octanol–water partition coefficient (Wildman–Crippen LogP) is 1.74. The van der Waals surface area contributed by atoms with Crippen LogP contribution in [0.25, 0.3) is 0 Å². The average Bonchev–Trinajstić information content (AvgIpc) is 3.33. The van der Waals surface area contributed by atoms with Gasteiger partial charge in [-0.2, -0.15) is 0 Å². The fraction of sp³-hybridized carbons (Fsp3) is 0.529. The highest BCUT2D eigenvalue weighted by molar-refractivity contribution is 5.06. The summed E-state index contributed by atoms with van der Waals surface area (Å²) in [5, 5.41) is 12.9. The van der Waals surface area contributed by atoms with Crippen molar-refractivity contribution in [2.24, 2.45) is 7.05 Å². The van der Waals surface area contributed by atoms with Crippen molar-refractivity contribution in [3.63, 3.8) is 0 Å². The average molecular weight is 341 g/mol. The van der Waals surface area contributed by atoms with Crippen molar-refractivity contribution in [3.8, 4) is 0 Å². The first-order valence-corrected chi connectivity index (χ1v) is 8.67. The first-order chi connectivity index (χ1) is 12.2. The van der Waals surface area contributed by atoms with Crippen molar-refractivity contribution in [3.05, 3.63) is 47.9 Å². The number of likely N-dealkylation sites (tertiary alicyclic amines) is 1. The number of aromatic nitrogens is 6. The molecule has 0 radical (unpaired) electrons. The molecule has 0 aromatic carbocycles. The van der Waals surface area contributed by atoms with Crippen LogP contribution in [0.5, 0.6) is 0 Å². The van der Waals surface area contributed by atoms with Gasteiger partial charge in [0.15, 0.2) is 11.6 Å². The number of piperidine rings is 1. The van der Waals surface area contributed by atoms with Gasteiger partial charge in [-0.25, -0.2) is 4.98 Å². The van der Waals surface area contributed by atoms with E-state index in [1.54, 1.807) is 12.5 Å². The van der Waals surface area contributed by atoms with Crippen LogP contribution in [0.3, 0.4) is 0 Å². The second-order valence-electron chi connectivity index (χ2n) is 6.78. The van der Waals surface area contributed by atoms with E-state index in [1.165, 1.54) is 0 Å². The SMILES string of the molecule is Cc1cc(CN2CCCC(c3nnc(Cn4ccnc4)n3C)C2)on1. The lowest BCUT2D eigenvalue weighted by Crippen LogP contribution is -2.34. The molecule has 0 bridgehead atoms. The zero-order valence-corrected chi connectivity index (χ0v) is 14.7. The molecular weight excluding hydrogens is 318 g/mol. The van der Waals surface area contributed by atoms with E-state index in [9.17, 15) is 0 Å². The van der Waals surface area contributed by atoms with Gasteiger partial charge in [0.05, 0.1) is 25.1 Å². The number of imidazole rings is 1. The summed E-state index contributed by atoms with van der Waals surface area (Å²) in [5.74, 6) is 3.34. The summed E-state index contributed by atoms with van der Waals surface area (Å²) in [7, 11) is 2.06. The molecule has 1 fully saturated rings. The molecule has 8 nitrogen and oxygen atoms in total. The molecule has 4 rings (SSSR count). The van der Waals surface area contributed by atoms with Gasteiger partial charge in [0.2, 0.25) is 0 Å². The minimum atomic E-state index is 0.395. The van der Waals surface area contributed by atoms with Gasteiger partial charge in [-0.15, -0.1) is 10.2 Å². The monoisotopic (exact) mass is 341 g/mol. The standard InChI is InChI=1S/C17H23N7O/c1-13-8-15(25-21-13)10-23-6-3-4-14(9-23)17-20-19-16(22(17)2)11-24-7-5-18-12-24/h5,7-8,12,14H,3-4,6,9-11H2,1-2H3. The maximum atomic E-state index is 5.36. The van der Waals surface area contributed by atoms with E-state index in [0.29, 0.717) is 12.5 Å². The maximum Gasteiger partial charge on any atom is 0.152 e. The van der Waals surface area contributed by atoms with Gasteiger partial charge in [-0.3, -0.25) is 4.90 Å². The molecule has 3 aromatic rings. The Kier molecular flexibility index (Phi) is 4.35. The quantitative estimate of drug-likeness (QED) is 0.703. The van der Waals surface area contributed by atoms with Crippen LogP contribution >= 0.6 is 0 Å². The zero-order valence-electron chi connectivity index (χ0n) is 14.7. The molecular formula is C17H23N7O. The first kappa shape index (κ1) is 16.0. The largest absolute Gasteiger partial charge is 0.360 e. The molecule has 1 aliphatic rings. The van der Waals surface area contributed by atoms with Gasteiger partial charge in [-0.05, 0) is 26.3 Å². The lowest BCUT2D eigenvalue weighted by atomic mass is 9.97.